The Bertz CT molecular complexity index is 532. The number of aliphatic hydroxyl groups is 1. The van der Waals surface area contributed by atoms with Crippen molar-refractivity contribution in [2.75, 3.05) is 6.61 Å². The van der Waals surface area contributed by atoms with E-state index in [1.807, 2.05) is 0 Å². The zero-order valence-electron chi connectivity index (χ0n) is 8.38. The molecule has 5 heteroatoms. The van der Waals surface area contributed by atoms with E-state index in [1.54, 1.807) is 18.2 Å². The van der Waals surface area contributed by atoms with Crippen molar-refractivity contribution >= 4 is 16.9 Å². The monoisotopic (exact) mass is 221 g/mol. The van der Waals surface area contributed by atoms with E-state index in [-0.39, 0.29) is 12.4 Å². The summed E-state index contributed by atoms with van der Waals surface area (Å²) in [4.78, 5) is 10.7. The largest absolute Gasteiger partial charge is 0.475 e. The molecule has 0 amide bonds. The van der Waals surface area contributed by atoms with E-state index in [0.29, 0.717) is 11.0 Å². The maximum atomic E-state index is 10.7. The number of rotatable bonds is 3. The molecule has 16 heavy (non-hydrogen) atoms. The third-order valence-corrected chi connectivity index (χ3v) is 2.38. The maximum Gasteiger partial charge on any atom is 0.371 e. The minimum Gasteiger partial charge on any atom is -0.475 e. The van der Waals surface area contributed by atoms with Gasteiger partial charge in [-0.3, -0.25) is 0 Å². The van der Waals surface area contributed by atoms with Crippen LogP contribution in [-0.4, -0.2) is 22.8 Å². The van der Waals surface area contributed by atoms with Crippen molar-refractivity contribution in [3.05, 3.63) is 35.6 Å². The van der Waals surface area contributed by atoms with Crippen molar-refractivity contribution in [2.45, 2.75) is 6.04 Å². The Morgan fingerprint density at radius 2 is 2.19 bits per heavy atom. The minimum atomic E-state index is -1.11. The highest BCUT2D eigenvalue weighted by molar-refractivity contribution is 5.91. The molecule has 0 saturated heterocycles. The third kappa shape index (κ3) is 1.78. The fourth-order valence-electron chi connectivity index (χ4n) is 1.50. The average Bonchev–Trinajstić information content (AvgIpc) is 2.70. The highest BCUT2D eigenvalue weighted by Gasteiger charge is 2.12. The average molecular weight is 221 g/mol. The van der Waals surface area contributed by atoms with E-state index in [4.69, 9.17) is 20.4 Å². The topological polar surface area (TPSA) is 96.7 Å². The van der Waals surface area contributed by atoms with Gasteiger partial charge in [0, 0.05) is 5.39 Å². The van der Waals surface area contributed by atoms with Crippen LogP contribution < -0.4 is 5.73 Å². The molecule has 0 aliphatic heterocycles. The lowest BCUT2D eigenvalue weighted by atomic mass is 10.1. The number of aromatic carboxylic acids is 1. The Hall–Kier alpha value is -1.85. The van der Waals surface area contributed by atoms with Crippen LogP contribution in [0.25, 0.3) is 11.0 Å². The molecule has 4 N–H and O–H groups in total. The summed E-state index contributed by atoms with van der Waals surface area (Å²) in [6, 6.07) is 6.04. The number of fused-ring (bicyclic) bond motifs is 1. The molecule has 5 nitrogen and oxygen atoms in total. The number of carboxylic acid groups (broad SMARTS) is 1. The zero-order chi connectivity index (χ0) is 11.7. The predicted molar refractivity (Wildman–Crippen MR) is 57.2 cm³/mol. The number of carbonyl (C=O) groups is 1. The number of benzene rings is 1. The van der Waals surface area contributed by atoms with Gasteiger partial charge in [0.2, 0.25) is 5.76 Å². The quantitative estimate of drug-likeness (QED) is 0.721. The van der Waals surface area contributed by atoms with Crippen molar-refractivity contribution in [1.29, 1.82) is 0 Å². The highest BCUT2D eigenvalue weighted by atomic mass is 16.4. The molecule has 0 fully saturated rings. The summed E-state index contributed by atoms with van der Waals surface area (Å²) >= 11 is 0. The molecule has 0 bridgehead atoms. The predicted octanol–water partition coefficient (Wildman–Crippen LogP) is 1.12. The summed E-state index contributed by atoms with van der Waals surface area (Å²) in [5.74, 6) is -1.21. The molecule has 0 spiro atoms. The molecule has 1 heterocycles. The van der Waals surface area contributed by atoms with E-state index in [1.165, 1.54) is 6.07 Å². The molecule has 0 saturated carbocycles. The SMILES string of the molecule is NC(CO)c1ccc2oc(C(=O)O)cc2c1. The summed E-state index contributed by atoms with van der Waals surface area (Å²) in [6.45, 7) is -0.158. The van der Waals surface area contributed by atoms with Gasteiger partial charge in [-0.25, -0.2) is 4.79 Å². The molecule has 0 aliphatic carbocycles. The van der Waals surface area contributed by atoms with Crippen LogP contribution in [0, 0.1) is 0 Å². The summed E-state index contributed by atoms with van der Waals surface area (Å²) < 4.78 is 5.09. The summed E-state index contributed by atoms with van der Waals surface area (Å²) in [7, 11) is 0. The van der Waals surface area contributed by atoms with Crippen LogP contribution in [0.1, 0.15) is 22.2 Å². The van der Waals surface area contributed by atoms with E-state index < -0.39 is 12.0 Å². The molecule has 1 aromatic heterocycles. The Morgan fingerprint density at radius 3 is 2.81 bits per heavy atom. The highest BCUT2D eigenvalue weighted by Crippen LogP contribution is 2.22. The van der Waals surface area contributed by atoms with Crippen LogP contribution in [0.3, 0.4) is 0 Å². The van der Waals surface area contributed by atoms with Crippen molar-refractivity contribution in [3.8, 4) is 0 Å². The lowest BCUT2D eigenvalue weighted by Crippen LogP contribution is -2.13. The molecule has 0 radical (unpaired) electrons. The van der Waals surface area contributed by atoms with Crippen LogP contribution in [0.5, 0.6) is 0 Å². The van der Waals surface area contributed by atoms with Gasteiger partial charge in [-0.2, -0.15) is 0 Å². The number of hydrogen-bond donors (Lipinski definition) is 3. The number of furan rings is 1. The summed E-state index contributed by atoms with van der Waals surface area (Å²) in [5, 5.41) is 18.3. The van der Waals surface area contributed by atoms with Crippen molar-refractivity contribution in [1.82, 2.24) is 0 Å². The van der Waals surface area contributed by atoms with E-state index in [2.05, 4.69) is 0 Å². The summed E-state index contributed by atoms with van der Waals surface area (Å²) in [5.41, 5.74) is 6.89. The molecule has 1 unspecified atom stereocenters. The first-order valence-electron chi connectivity index (χ1n) is 4.75. The van der Waals surface area contributed by atoms with Crippen molar-refractivity contribution < 1.29 is 19.4 Å². The second kappa shape index (κ2) is 3.96. The minimum absolute atomic E-state index is 0.107. The Balaban J connectivity index is 2.49. The van der Waals surface area contributed by atoms with Gasteiger partial charge in [0.1, 0.15) is 5.58 Å². The first-order valence-corrected chi connectivity index (χ1v) is 4.75. The van der Waals surface area contributed by atoms with Gasteiger partial charge in [0.05, 0.1) is 12.6 Å². The van der Waals surface area contributed by atoms with Crippen molar-refractivity contribution in [2.24, 2.45) is 5.73 Å². The molecule has 1 atom stereocenters. The molecular formula is C11H11NO4. The Morgan fingerprint density at radius 1 is 1.44 bits per heavy atom. The van der Waals surface area contributed by atoms with Gasteiger partial charge >= 0.3 is 5.97 Å². The number of aliphatic hydroxyl groups excluding tert-OH is 1. The Labute approximate surface area is 91.1 Å². The number of carboxylic acids is 1. The van der Waals surface area contributed by atoms with Gasteiger partial charge in [-0.15, -0.1) is 0 Å². The van der Waals surface area contributed by atoms with Gasteiger partial charge < -0.3 is 20.4 Å². The van der Waals surface area contributed by atoms with Gasteiger partial charge in [0.15, 0.2) is 0 Å². The van der Waals surface area contributed by atoms with Crippen LogP contribution in [0.4, 0.5) is 0 Å². The smallest absolute Gasteiger partial charge is 0.371 e. The molecular weight excluding hydrogens is 210 g/mol. The second-order valence-electron chi connectivity index (χ2n) is 3.50. The lowest BCUT2D eigenvalue weighted by Gasteiger charge is -2.07. The lowest BCUT2D eigenvalue weighted by molar-refractivity contribution is 0.0665. The third-order valence-electron chi connectivity index (χ3n) is 2.38. The van der Waals surface area contributed by atoms with Crippen LogP contribution >= 0.6 is 0 Å². The second-order valence-corrected chi connectivity index (χ2v) is 3.50. The Kier molecular flexibility index (Phi) is 2.64. The molecule has 84 valence electrons. The fourth-order valence-corrected chi connectivity index (χ4v) is 1.50. The fraction of sp³-hybridized carbons (Fsp3) is 0.182. The van der Waals surface area contributed by atoms with E-state index in [9.17, 15) is 4.79 Å². The number of hydrogen-bond acceptors (Lipinski definition) is 4. The number of nitrogens with two attached hydrogens (primary N) is 1. The first-order chi connectivity index (χ1) is 7.61. The van der Waals surface area contributed by atoms with E-state index >= 15 is 0 Å². The maximum absolute atomic E-state index is 10.7. The van der Waals surface area contributed by atoms with Gasteiger partial charge in [-0.1, -0.05) is 6.07 Å². The van der Waals surface area contributed by atoms with E-state index in [0.717, 1.165) is 5.56 Å². The first kappa shape index (κ1) is 10.7. The summed E-state index contributed by atoms with van der Waals surface area (Å²) in [6.07, 6.45) is 0. The van der Waals surface area contributed by atoms with Crippen LogP contribution in [-0.2, 0) is 0 Å². The molecule has 2 rings (SSSR count). The standard InChI is InChI=1S/C11H11NO4/c12-8(5-13)6-1-2-9-7(3-6)4-10(16-9)11(14)15/h1-4,8,13H,5,12H2,(H,14,15). The zero-order valence-corrected chi connectivity index (χ0v) is 8.38. The molecule has 2 aromatic rings. The van der Waals surface area contributed by atoms with Gasteiger partial charge in [0.25, 0.3) is 0 Å². The van der Waals surface area contributed by atoms with Gasteiger partial charge in [-0.05, 0) is 23.8 Å². The molecule has 1 aromatic carbocycles. The van der Waals surface area contributed by atoms with Crippen LogP contribution in [0.15, 0.2) is 28.7 Å². The van der Waals surface area contributed by atoms with Crippen LogP contribution in [0.2, 0.25) is 0 Å². The van der Waals surface area contributed by atoms with Crippen molar-refractivity contribution in [3.63, 3.8) is 0 Å². The normalized spacial score (nSPS) is 12.9. The molecule has 0 aliphatic rings.